The molecular weight excluding hydrogens is 228 g/mol. The largest absolute Gasteiger partial charge is 0.396 e. The number of aliphatic hydroxyl groups is 1. The lowest BCUT2D eigenvalue weighted by atomic mass is 10.0. The molecule has 0 heterocycles. The van der Waals surface area contributed by atoms with Gasteiger partial charge in [0.05, 0.1) is 0 Å². The van der Waals surface area contributed by atoms with E-state index < -0.39 is 0 Å². The van der Waals surface area contributed by atoms with Crippen molar-refractivity contribution in [1.82, 2.24) is 0 Å². The summed E-state index contributed by atoms with van der Waals surface area (Å²) in [6, 6.07) is 0. The van der Waals surface area contributed by atoms with Gasteiger partial charge in [0.15, 0.2) is 0 Å². The van der Waals surface area contributed by atoms with E-state index in [-0.39, 0.29) is 6.61 Å². The molecule has 0 aromatic carbocycles. The van der Waals surface area contributed by atoms with E-state index in [2.05, 4.69) is 6.92 Å². The van der Waals surface area contributed by atoms with Crippen molar-refractivity contribution in [2.45, 2.75) is 84.0 Å². The van der Waals surface area contributed by atoms with Gasteiger partial charge in [-0.2, -0.15) is 0 Å². The molecule has 0 saturated heterocycles. The summed E-state index contributed by atoms with van der Waals surface area (Å²) in [5.74, 6) is 0. The zero-order valence-corrected chi connectivity index (χ0v) is 12.4. The van der Waals surface area contributed by atoms with Gasteiger partial charge in [-0.15, -0.1) is 0 Å². The van der Waals surface area contributed by atoms with Crippen LogP contribution in [0.25, 0.3) is 0 Å². The average molecular weight is 258 g/mol. The lowest BCUT2D eigenvalue weighted by Crippen LogP contribution is -1.97. The highest BCUT2D eigenvalue weighted by Gasteiger charge is 1.96. The molecule has 1 nitrogen and oxygen atoms in total. The quantitative estimate of drug-likeness (QED) is 0.368. The van der Waals surface area contributed by atoms with Crippen LogP contribution in [0.2, 0.25) is 0 Å². The minimum atomic E-state index is 0.219. The van der Waals surface area contributed by atoms with E-state index in [1.807, 2.05) is 0 Å². The van der Waals surface area contributed by atoms with Gasteiger partial charge in [0.25, 0.3) is 0 Å². The summed E-state index contributed by atoms with van der Waals surface area (Å²) in [7, 11) is 0. The highest BCUT2D eigenvalue weighted by atomic mass is 32.1. The van der Waals surface area contributed by atoms with Gasteiger partial charge in [0.2, 0.25) is 0 Å². The molecule has 0 aliphatic heterocycles. The number of unbranched alkanes of at least 4 members (excludes halogenated alkanes) is 9. The van der Waals surface area contributed by atoms with Gasteiger partial charge >= 0.3 is 0 Å². The molecular formula is C15H30OS. The van der Waals surface area contributed by atoms with Gasteiger partial charge in [-0.05, 0) is 17.7 Å². The van der Waals surface area contributed by atoms with Crippen molar-refractivity contribution in [3.8, 4) is 0 Å². The third-order valence-electron chi connectivity index (χ3n) is 3.20. The molecule has 0 unspecified atom stereocenters. The van der Waals surface area contributed by atoms with Crippen molar-refractivity contribution in [3.05, 3.63) is 0 Å². The van der Waals surface area contributed by atoms with E-state index in [0.29, 0.717) is 6.42 Å². The van der Waals surface area contributed by atoms with Crippen LogP contribution in [-0.4, -0.2) is 16.6 Å². The Hall–Kier alpha value is 0.0500. The Morgan fingerprint density at radius 3 is 1.71 bits per heavy atom. The molecule has 0 aromatic heterocycles. The molecule has 102 valence electrons. The molecule has 0 bridgehead atoms. The van der Waals surface area contributed by atoms with Crippen LogP contribution in [0.3, 0.4) is 0 Å². The fourth-order valence-electron chi connectivity index (χ4n) is 2.06. The van der Waals surface area contributed by atoms with E-state index >= 15 is 0 Å². The van der Waals surface area contributed by atoms with E-state index in [1.54, 1.807) is 0 Å². The van der Waals surface area contributed by atoms with Crippen LogP contribution in [0.5, 0.6) is 0 Å². The molecule has 0 rings (SSSR count). The number of hydrogen-bond acceptors (Lipinski definition) is 2. The maximum absolute atomic E-state index is 8.71. The second-order valence-electron chi connectivity index (χ2n) is 4.94. The Kier molecular flexibility index (Phi) is 14.2. The Labute approximate surface area is 113 Å². The number of hydrogen-bond donors (Lipinski definition) is 1. The summed E-state index contributed by atoms with van der Waals surface area (Å²) in [5, 5.41) is 8.71. The highest BCUT2D eigenvalue weighted by Crippen LogP contribution is 2.11. The monoisotopic (exact) mass is 258 g/mol. The fourth-order valence-corrected chi connectivity index (χ4v) is 2.29. The molecule has 17 heavy (non-hydrogen) atoms. The first-order valence-corrected chi connectivity index (χ1v) is 7.84. The van der Waals surface area contributed by atoms with Gasteiger partial charge in [-0.25, -0.2) is 0 Å². The highest BCUT2D eigenvalue weighted by molar-refractivity contribution is 7.80. The molecule has 0 aliphatic rings. The molecule has 0 fully saturated rings. The van der Waals surface area contributed by atoms with Crippen LogP contribution >= 0.6 is 12.2 Å². The Balaban J connectivity index is 3.01. The zero-order valence-electron chi connectivity index (χ0n) is 11.5. The van der Waals surface area contributed by atoms with Gasteiger partial charge in [0, 0.05) is 13.0 Å². The Bertz CT molecular complexity index is 168. The van der Waals surface area contributed by atoms with Crippen LogP contribution in [-0.2, 0) is 0 Å². The summed E-state index contributed by atoms with van der Waals surface area (Å²) in [5.41, 5.74) is 0. The van der Waals surface area contributed by atoms with E-state index in [9.17, 15) is 0 Å². The van der Waals surface area contributed by atoms with Crippen LogP contribution < -0.4 is 0 Å². The smallest absolute Gasteiger partial charge is 0.0476 e. The molecule has 0 saturated carbocycles. The van der Waals surface area contributed by atoms with E-state index in [4.69, 9.17) is 17.3 Å². The van der Waals surface area contributed by atoms with Gasteiger partial charge < -0.3 is 5.11 Å². The van der Waals surface area contributed by atoms with Gasteiger partial charge in [-0.3, -0.25) is 0 Å². The zero-order chi connectivity index (χ0) is 12.8. The van der Waals surface area contributed by atoms with Crippen LogP contribution in [0.1, 0.15) is 84.0 Å². The second-order valence-corrected chi connectivity index (χ2v) is 5.52. The summed E-state index contributed by atoms with van der Waals surface area (Å²) in [4.78, 5) is 1.05. The fraction of sp³-hybridized carbons (Fsp3) is 0.933. The first-order chi connectivity index (χ1) is 8.31. The SMILES string of the molecule is CCCCCCCCCCCCC(=S)CCO. The minimum absolute atomic E-state index is 0.219. The first kappa shape index (κ1) is 17.1. The van der Waals surface area contributed by atoms with Crippen molar-refractivity contribution in [2.24, 2.45) is 0 Å². The van der Waals surface area contributed by atoms with E-state index in [0.717, 1.165) is 11.3 Å². The molecule has 0 radical (unpaired) electrons. The molecule has 1 N–H and O–H groups in total. The lowest BCUT2D eigenvalue weighted by Gasteiger charge is -2.03. The number of rotatable bonds is 13. The Morgan fingerprint density at radius 2 is 1.24 bits per heavy atom. The molecule has 0 atom stereocenters. The summed E-state index contributed by atoms with van der Waals surface area (Å²) in [6.07, 6.45) is 15.4. The standard InChI is InChI=1S/C15H30OS/c1-2-3-4-5-6-7-8-9-10-11-12-15(17)13-14-16/h16H,2-14H2,1H3. The van der Waals surface area contributed by atoms with Gasteiger partial charge in [0.1, 0.15) is 0 Å². The molecule has 0 aliphatic carbocycles. The molecule has 0 amide bonds. The predicted molar refractivity (Wildman–Crippen MR) is 80.8 cm³/mol. The van der Waals surface area contributed by atoms with Crippen molar-refractivity contribution < 1.29 is 5.11 Å². The van der Waals surface area contributed by atoms with Crippen LogP contribution in [0.4, 0.5) is 0 Å². The predicted octanol–water partition coefficient (Wildman–Crippen LogP) is 5.05. The van der Waals surface area contributed by atoms with E-state index in [1.165, 1.54) is 64.2 Å². The van der Waals surface area contributed by atoms with Gasteiger partial charge in [-0.1, -0.05) is 76.9 Å². The maximum atomic E-state index is 8.71. The van der Waals surface area contributed by atoms with Crippen LogP contribution in [0.15, 0.2) is 0 Å². The first-order valence-electron chi connectivity index (χ1n) is 7.43. The molecule has 0 spiro atoms. The van der Waals surface area contributed by atoms with Crippen LogP contribution in [0, 0.1) is 0 Å². The maximum Gasteiger partial charge on any atom is 0.0476 e. The minimum Gasteiger partial charge on any atom is -0.396 e. The number of thiocarbonyl (C=S) groups is 1. The third kappa shape index (κ3) is 14.0. The topological polar surface area (TPSA) is 20.2 Å². The van der Waals surface area contributed by atoms with Crippen molar-refractivity contribution in [3.63, 3.8) is 0 Å². The average Bonchev–Trinajstić information content (AvgIpc) is 2.32. The normalized spacial score (nSPS) is 10.7. The summed E-state index contributed by atoms with van der Waals surface area (Å²) >= 11 is 5.15. The summed E-state index contributed by atoms with van der Waals surface area (Å²) in [6.45, 7) is 2.48. The molecule has 2 heteroatoms. The molecule has 0 aromatic rings. The second kappa shape index (κ2) is 14.1. The Morgan fingerprint density at radius 1 is 0.765 bits per heavy atom. The number of aliphatic hydroxyl groups excluding tert-OH is 1. The summed E-state index contributed by atoms with van der Waals surface area (Å²) < 4.78 is 0. The van der Waals surface area contributed by atoms with Crippen molar-refractivity contribution in [2.75, 3.05) is 6.61 Å². The van der Waals surface area contributed by atoms with Crippen molar-refractivity contribution in [1.29, 1.82) is 0 Å². The lowest BCUT2D eigenvalue weighted by molar-refractivity contribution is 0.307. The third-order valence-corrected chi connectivity index (χ3v) is 3.61. The van der Waals surface area contributed by atoms with Crippen molar-refractivity contribution >= 4 is 17.1 Å².